The van der Waals surface area contributed by atoms with Gasteiger partial charge < -0.3 is 10.1 Å². The maximum atomic E-state index is 13.3. The molecule has 0 aliphatic heterocycles. The number of hydrogen-bond acceptors (Lipinski definition) is 3. The molecule has 5 nitrogen and oxygen atoms in total. The number of nitrogens with one attached hydrogen (secondary N) is 1. The van der Waals surface area contributed by atoms with Crippen molar-refractivity contribution in [1.82, 2.24) is 9.78 Å². The maximum Gasteiger partial charge on any atom is 0.276 e. The van der Waals surface area contributed by atoms with Gasteiger partial charge in [0.2, 0.25) is 0 Å². The fourth-order valence-corrected chi connectivity index (χ4v) is 3.68. The quantitative estimate of drug-likeness (QED) is 0.651. The molecule has 0 fully saturated rings. The van der Waals surface area contributed by atoms with E-state index in [-0.39, 0.29) is 11.7 Å². The van der Waals surface area contributed by atoms with Crippen molar-refractivity contribution in [3.63, 3.8) is 0 Å². The first kappa shape index (κ1) is 19.2. The number of carbonyl (C=O) groups is 1. The molecule has 0 unspecified atom stereocenters. The zero-order chi connectivity index (χ0) is 20.4. The number of amides is 1. The van der Waals surface area contributed by atoms with E-state index >= 15 is 0 Å². The molecule has 4 rings (SSSR count). The molecular formula is C23H24FN3O2. The topological polar surface area (TPSA) is 56.1 Å². The molecule has 0 atom stereocenters. The van der Waals surface area contributed by atoms with Gasteiger partial charge in [0.1, 0.15) is 11.6 Å². The van der Waals surface area contributed by atoms with Crippen molar-refractivity contribution in [1.29, 1.82) is 0 Å². The molecule has 29 heavy (non-hydrogen) atoms. The van der Waals surface area contributed by atoms with Crippen LogP contribution < -0.4 is 10.1 Å². The van der Waals surface area contributed by atoms with E-state index in [0.717, 1.165) is 59.6 Å². The number of fused-ring (bicyclic) bond motifs is 1. The average Bonchev–Trinajstić information content (AvgIpc) is 3.32. The molecule has 0 saturated carbocycles. The van der Waals surface area contributed by atoms with E-state index in [1.807, 2.05) is 25.1 Å². The number of benzene rings is 2. The van der Waals surface area contributed by atoms with Crippen molar-refractivity contribution in [2.45, 2.75) is 39.5 Å². The summed E-state index contributed by atoms with van der Waals surface area (Å²) in [5, 5.41) is 7.56. The van der Waals surface area contributed by atoms with Gasteiger partial charge in [-0.15, -0.1) is 0 Å². The predicted molar refractivity (Wildman–Crippen MR) is 110 cm³/mol. The van der Waals surface area contributed by atoms with Gasteiger partial charge in [0, 0.05) is 16.9 Å². The second-order valence-electron chi connectivity index (χ2n) is 7.29. The highest BCUT2D eigenvalue weighted by Crippen LogP contribution is 2.29. The van der Waals surface area contributed by atoms with Crippen LogP contribution in [0.25, 0.3) is 5.69 Å². The number of ether oxygens (including phenoxy) is 1. The van der Waals surface area contributed by atoms with Gasteiger partial charge in [-0.1, -0.05) is 6.92 Å². The summed E-state index contributed by atoms with van der Waals surface area (Å²) in [6, 6.07) is 11.8. The minimum Gasteiger partial charge on any atom is -0.494 e. The molecule has 1 aliphatic carbocycles. The predicted octanol–water partition coefficient (Wildman–Crippen LogP) is 4.85. The minimum atomic E-state index is -0.294. The fourth-order valence-electron chi connectivity index (χ4n) is 3.68. The van der Waals surface area contributed by atoms with E-state index in [1.165, 1.54) is 12.1 Å². The molecule has 3 aromatic rings. The van der Waals surface area contributed by atoms with Crippen molar-refractivity contribution in [2.24, 2.45) is 0 Å². The van der Waals surface area contributed by atoms with Crippen LogP contribution in [0.5, 0.6) is 5.75 Å². The van der Waals surface area contributed by atoms with Crippen molar-refractivity contribution in [3.8, 4) is 11.4 Å². The highest BCUT2D eigenvalue weighted by Gasteiger charge is 2.27. The van der Waals surface area contributed by atoms with Crippen LogP contribution in [0.4, 0.5) is 10.1 Å². The first-order chi connectivity index (χ1) is 14.1. The lowest BCUT2D eigenvalue weighted by atomic mass is 10.1. The Balaban J connectivity index is 1.60. The summed E-state index contributed by atoms with van der Waals surface area (Å²) in [6.07, 6.45) is 3.61. The Morgan fingerprint density at radius 2 is 2.00 bits per heavy atom. The molecule has 1 heterocycles. The standard InChI is InChI=1S/C23H24FN3O2/c1-3-13-29-18-11-12-20(15(2)14-18)25-23(28)22-19-5-4-6-21(19)27(26-22)17-9-7-16(24)8-10-17/h7-12,14H,3-6,13H2,1-2H3,(H,25,28). The van der Waals surface area contributed by atoms with Crippen LogP contribution in [0.3, 0.4) is 0 Å². The van der Waals surface area contributed by atoms with Crippen LogP contribution in [0.15, 0.2) is 42.5 Å². The average molecular weight is 393 g/mol. The molecule has 1 N–H and O–H groups in total. The molecule has 1 aliphatic rings. The van der Waals surface area contributed by atoms with Crippen molar-refractivity contribution < 1.29 is 13.9 Å². The van der Waals surface area contributed by atoms with Gasteiger partial charge in [-0.05, 0) is 80.6 Å². The van der Waals surface area contributed by atoms with Crippen LogP contribution in [-0.2, 0) is 12.8 Å². The molecule has 0 bridgehead atoms. The third-order valence-electron chi connectivity index (χ3n) is 5.14. The molecule has 0 saturated heterocycles. The van der Waals surface area contributed by atoms with E-state index < -0.39 is 0 Å². The van der Waals surface area contributed by atoms with Crippen molar-refractivity contribution in [3.05, 3.63) is 70.8 Å². The summed E-state index contributed by atoms with van der Waals surface area (Å²) in [4.78, 5) is 13.0. The Bertz CT molecular complexity index is 1040. The highest BCUT2D eigenvalue weighted by molar-refractivity contribution is 6.04. The van der Waals surface area contributed by atoms with Gasteiger partial charge in [-0.25, -0.2) is 9.07 Å². The second-order valence-corrected chi connectivity index (χ2v) is 7.29. The number of aryl methyl sites for hydroxylation is 1. The zero-order valence-corrected chi connectivity index (χ0v) is 16.7. The summed E-state index contributed by atoms with van der Waals surface area (Å²) >= 11 is 0. The maximum absolute atomic E-state index is 13.3. The van der Waals surface area contributed by atoms with Gasteiger partial charge in [-0.3, -0.25) is 4.79 Å². The molecule has 0 radical (unpaired) electrons. The van der Waals surface area contributed by atoms with Crippen LogP contribution in [-0.4, -0.2) is 22.3 Å². The van der Waals surface area contributed by atoms with E-state index in [0.29, 0.717) is 12.3 Å². The molecule has 0 spiro atoms. The van der Waals surface area contributed by atoms with Crippen LogP contribution in [0.1, 0.15) is 47.1 Å². The van der Waals surface area contributed by atoms with Crippen molar-refractivity contribution >= 4 is 11.6 Å². The van der Waals surface area contributed by atoms with Gasteiger partial charge in [0.05, 0.1) is 12.3 Å². The van der Waals surface area contributed by atoms with Crippen LogP contribution >= 0.6 is 0 Å². The van der Waals surface area contributed by atoms with Gasteiger partial charge in [0.15, 0.2) is 5.69 Å². The molecule has 1 amide bonds. The number of aromatic nitrogens is 2. The Hall–Kier alpha value is -3.15. The number of rotatable bonds is 6. The van der Waals surface area contributed by atoms with Gasteiger partial charge in [0.25, 0.3) is 5.91 Å². The fraction of sp³-hybridized carbons (Fsp3) is 0.304. The van der Waals surface area contributed by atoms with Gasteiger partial charge in [-0.2, -0.15) is 5.10 Å². The molecule has 150 valence electrons. The normalized spacial score (nSPS) is 12.7. The number of nitrogens with zero attached hydrogens (tertiary/aromatic N) is 2. The van der Waals surface area contributed by atoms with E-state index in [9.17, 15) is 9.18 Å². The van der Waals surface area contributed by atoms with E-state index in [4.69, 9.17) is 4.74 Å². The smallest absolute Gasteiger partial charge is 0.276 e. The van der Waals surface area contributed by atoms with Crippen LogP contribution in [0.2, 0.25) is 0 Å². The second kappa shape index (κ2) is 8.07. The lowest BCUT2D eigenvalue weighted by Crippen LogP contribution is -2.15. The summed E-state index contributed by atoms with van der Waals surface area (Å²) in [5.74, 6) is 0.274. The molecular weight excluding hydrogens is 369 g/mol. The molecule has 1 aromatic heterocycles. The Morgan fingerprint density at radius 3 is 2.72 bits per heavy atom. The van der Waals surface area contributed by atoms with Crippen LogP contribution in [0, 0.1) is 12.7 Å². The summed E-state index contributed by atoms with van der Waals surface area (Å²) in [6.45, 7) is 4.67. The number of carbonyl (C=O) groups excluding carboxylic acids is 1. The van der Waals surface area contributed by atoms with Gasteiger partial charge >= 0.3 is 0 Å². The first-order valence-corrected chi connectivity index (χ1v) is 9.98. The SMILES string of the molecule is CCCOc1ccc(NC(=O)c2nn(-c3ccc(F)cc3)c3c2CCC3)c(C)c1. The number of anilines is 1. The summed E-state index contributed by atoms with van der Waals surface area (Å²) < 4.78 is 20.7. The lowest BCUT2D eigenvalue weighted by Gasteiger charge is -2.11. The Morgan fingerprint density at radius 1 is 1.21 bits per heavy atom. The lowest BCUT2D eigenvalue weighted by molar-refractivity contribution is 0.102. The molecule has 6 heteroatoms. The third kappa shape index (κ3) is 3.88. The number of hydrogen-bond donors (Lipinski definition) is 1. The largest absolute Gasteiger partial charge is 0.494 e. The van der Waals surface area contributed by atoms with E-state index in [1.54, 1.807) is 16.8 Å². The zero-order valence-electron chi connectivity index (χ0n) is 16.7. The highest BCUT2D eigenvalue weighted by atomic mass is 19.1. The summed E-state index contributed by atoms with van der Waals surface area (Å²) in [7, 11) is 0. The third-order valence-corrected chi connectivity index (χ3v) is 5.14. The molecule has 2 aromatic carbocycles. The minimum absolute atomic E-state index is 0.227. The first-order valence-electron chi connectivity index (χ1n) is 9.98. The Kier molecular flexibility index (Phi) is 5.34. The number of halogens is 1. The monoisotopic (exact) mass is 393 g/mol. The summed E-state index contributed by atoms with van der Waals surface area (Å²) in [5.41, 5.74) is 4.88. The van der Waals surface area contributed by atoms with E-state index in [2.05, 4.69) is 17.3 Å². The Labute approximate surface area is 169 Å². The van der Waals surface area contributed by atoms with Crippen molar-refractivity contribution in [2.75, 3.05) is 11.9 Å².